The summed E-state index contributed by atoms with van der Waals surface area (Å²) in [5, 5.41) is 12.0. The number of hydrogen-bond donors (Lipinski definition) is 1. The number of nitrogens with zero attached hydrogens (tertiary/aromatic N) is 5. The standard InChI is InChI=1S/C18H12N6/c1-2-4-14-12(3-1)5-7-16(20-14)18-19-9-10-24(18)13-6-8-15-17(11-13)22-23-21-15/h1-11H,(H,21,22,23). The Balaban J connectivity index is 1.67. The van der Waals surface area contributed by atoms with Gasteiger partial charge in [0.05, 0.1) is 5.52 Å². The molecule has 3 heterocycles. The van der Waals surface area contributed by atoms with E-state index in [4.69, 9.17) is 4.98 Å². The van der Waals surface area contributed by atoms with E-state index < -0.39 is 0 Å². The van der Waals surface area contributed by atoms with Crippen LogP contribution in [0, 0.1) is 0 Å². The van der Waals surface area contributed by atoms with Crippen LogP contribution >= 0.6 is 0 Å². The van der Waals surface area contributed by atoms with E-state index in [2.05, 4.69) is 32.5 Å². The zero-order valence-corrected chi connectivity index (χ0v) is 12.6. The number of fused-ring (bicyclic) bond motifs is 2. The third-order valence-corrected chi connectivity index (χ3v) is 4.05. The summed E-state index contributed by atoms with van der Waals surface area (Å²) in [5.41, 5.74) is 4.41. The molecule has 2 aromatic carbocycles. The van der Waals surface area contributed by atoms with Gasteiger partial charge in [0.2, 0.25) is 0 Å². The number of hydrogen-bond acceptors (Lipinski definition) is 4. The highest BCUT2D eigenvalue weighted by atomic mass is 15.3. The van der Waals surface area contributed by atoms with Gasteiger partial charge in [-0.2, -0.15) is 15.4 Å². The molecule has 114 valence electrons. The average Bonchev–Trinajstić information content (AvgIpc) is 3.29. The number of imidazole rings is 1. The minimum absolute atomic E-state index is 0.795. The number of nitrogens with one attached hydrogen (secondary N) is 1. The van der Waals surface area contributed by atoms with Crippen LogP contribution in [-0.2, 0) is 0 Å². The van der Waals surface area contributed by atoms with Crippen LogP contribution in [-0.4, -0.2) is 29.9 Å². The fraction of sp³-hybridized carbons (Fsp3) is 0. The second kappa shape index (κ2) is 4.99. The Morgan fingerprint density at radius 2 is 1.75 bits per heavy atom. The monoisotopic (exact) mass is 312 g/mol. The molecule has 0 amide bonds. The molecule has 0 saturated heterocycles. The predicted molar refractivity (Wildman–Crippen MR) is 91.7 cm³/mol. The molecule has 0 fully saturated rings. The van der Waals surface area contributed by atoms with Crippen LogP contribution in [0.2, 0.25) is 0 Å². The van der Waals surface area contributed by atoms with Gasteiger partial charge in [0.25, 0.3) is 0 Å². The van der Waals surface area contributed by atoms with Crippen molar-refractivity contribution in [3.63, 3.8) is 0 Å². The Morgan fingerprint density at radius 3 is 2.75 bits per heavy atom. The summed E-state index contributed by atoms with van der Waals surface area (Å²) in [7, 11) is 0. The summed E-state index contributed by atoms with van der Waals surface area (Å²) in [6.45, 7) is 0. The van der Waals surface area contributed by atoms with E-state index in [1.165, 1.54) is 0 Å². The molecule has 5 rings (SSSR count). The molecular formula is C18H12N6. The van der Waals surface area contributed by atoms with Crippen molar-refractivity contribution < 1.29 is 0 Å². The minimum atomic E-state index is 0.795. The van der Waals surface area contributed by atoms with Crippen molar-refractivity contribution in [2.75, 3.05) is 0 Å². The van der Waals surface area contributed by atoms with E-state index in [-0.39, 0.29) is 0 Å². The van der Waals surface area contributed by atoms with Gasteiger partial charge < -0.3 is 0 Å². The van der Waals surface area contributed by atoms with Crippen LogP contribution in [0.25, 0.3) is 39.1 Å². The third kappa shape index (κ3) is 1.97. The van der Waals surface area contributed by atoms with E-state index in [1.807, 2.05) is 53.2 Å². The Hall–Kier alpha value is -3.54. The van der Waals surface area contributed by atoms with Gasteiger partial charge in [-0.1, -0.05) is 24.3 Å². The van der Waals surface area contributed by atoms with Crippen LogP contribution in [0.4, 0.5) is 0 Å². The fourth-order valence-corrected chi connectivity index (χ4v) is 2.87. The molecule has 0 aliphatic rings. The fourth-order valence-electron chi connectivity index (χ4n) is 2.87. The SMILES string of the molecule is c1ccc2nc(-c3nccn3-c3ccc4n[nH]nc4c3)ccc2c1. The topological polar surface area (TPSA) is 72.3 Å². The van der Waals surface area contributed by atoms with Gasteiger partial charge in [-0.15, -0.1) is 0 Å². The lowest BCUT2D eigenvalue weighted by Crippen LogP contribution is -1.98. The number of H-pyrrole nitrogens is 1. The average molecular weight is 312 g/mol. The molecule has 0 radical (unpaired) electrons. The van der Waals surface area contributed by atoms with Gasteiger partial charge >= 0.3 is 0 Å². The lowest BCUT2D eigenvalue weighted by atomic mass is 10.2. The summed E-state index contributed by atoms with van der Waals surface area (Å²) in [6, 6.07) is 18.0. The molecule has 5 aromatic rings. The molecule has 0 spiro atoms. The summed E-state index contributed by atoms with van der Waals surface area (Å²) in [4.78, 5) is 9.23. The maximum absolute atomic E-state index is 4.74. The number of para-hydroxylation sites is 1. The van der Waals surface area contributed by atoms with E-state index in [0.717, 1.165) is 39.1 Å². The van der Waals surface area contributed by atoms with E-state index in [0.29, 0.717) is 0 Å². The van der Waals surface area contributed by atoms with Crippen molar-refractivity contribution in [1.82, 2.24) is 29.9 Å². The van der Waals surface area contributed by atoms with E-state index >= 15 is 0 Å². The van der Waals surface area contributed by atoms with Crippen molar-refractivity contribution in [2.45, 2.75) is 0 Å². The highest BCUT2D eigenvalue weighted by molar-refractivity contribution is 5.81. The zero-order valence-electron chi connectivity index (χ0n) is 12.6. The Bertz CT molecular complexity index is 1170. The molecular weight excluding hydrogens is 300 g/mol. The summed E-state index contributed by atoms with van der Waals surface area (Å²) in [5.74, 6) is 0.795. The number of pyridine rings is 1. The molecule has 6 nitrogen and oxygen atoms in total. The smallest absolute Gasteiger partial charge is 0.163 e. The van der Waals surface area contributed by atoms with Crippen LogP contribution in [0.5, 0.6) is 0 Å². The van der Waals surface area contributed by atoms with E-state index in [1.54, 1.807) is 6.20 Å². The second-order valence-electron chi connectivity index (χ2n) is 5.51. The van der Waals surface area contributed by atoms with Crippen molar-refractivity contribution in [1.29, 1.82) is 0 Å². The molecule has 0 unspecified atom stereocenters. The van der Waals surface area contributed by atoms with Crippen molar-refractivity contribution >= 4 is 21.9 Å². The quantitative estimate of drug-likeness (QED) is 0.542. The molecule has 24 heavy (non-hydrogen) atoms. The first-order valence-corrected chi connectivity index (χ1v) is 7.59. The first-order valence-electron chi connectivity index (χ1n) is 7.59. The highest BCUT2D eigenvalue weighted by Crippen LogP contribution is 2.23. The van der Waals surface area contributed by atoms with Crippen LogP contribution in [0.1, 0.15) is 0 Å². The third-order valence-electron chi connectivity index (χ3n) is 4.05. The van der Waals surface area contributed by atoms with Crippen molar-refractivity contribution in [2.24, 2.45) is 0 Å². The van der Waals surface area contributed by atoms with Crippen LogP contribution in [0.15, 0.2) is 67.0 Å². The van der Waals surface area contributed by atoms with Gasteiger partial charge in [-0.3, -0.25) is 4.57 Å². The molecule has 1 N–H and O–H groups in total. The van der Waals surface area contributed by atoms with Gasteiger partial charge in [-0.25, -0.2) is 9.97 Å². The van der Waals surface area contributed by atoms with E-state index in [9.17, 15) is 0 Å². The Kier molecular flexibility index (Phi) is 2.69. The molecule has 3 aromatic heterocycles. The first kappa shape index (κ1) is 13.0. The van der Waals surface area contributed by atoms with Crippen LogP contribution in [0.3, 0.4) is 0 Å². The Labute approximate surface area is 136 Å². The lowest BCUT2D eigenvalue weighted by Gasteiger charge is -2.08. The first-order chi connectivity index (χ1) is 11.9. The molecule has 0 bridgehead atoms. The molecule has 0 aliphatic heterocycles. The molecule has 0 saturated carbocycles. The van der Waals surface area contributed by atoms with Gasteiger partial charge in [0, 0.05) is 23.5 Å². The second-order valence-corrected chi connectivity index (χ2v) is 5.51. The molecule has 6 heteroatoms. The number of aromatic nitrogens is 6. The minimum Gasteiger partial charge on any atom is -0.298 e. The largest absolute Gasteiger partial charge is 0.298 e. The summed E-state index contributed by atoms with van der Waals surface area (Å²) < 4.78 is 2.01. The maximum atomic E-state index is 4.74. The Morgan fingerprint density at radius 1 is 0.833 bits per heavy atom. The molecule has 0 atom stereocenters. The maximum Gasteiger partial charge on any atom is 0.163 e. The number of aromatic amines is 1. The summed E-state index contributed by atoms with van der Waals surface area (Å²) in [6.07, 6.45) is 3.70. The zero-order chi connectivity index (χ0) is 15.9. The predicted octanol–water partition coefficient (Wildman–Crippen LogP) is 3.36. The number of benzene rings is 2. The van der Waals surface area contributed by atoms with Gasteiger partial charge in [0.1, 0.15) is 16.7 Å². The highest BCUT2D eigenvalue weighted by Gasteiger charge is 2.11. The lowest BCUT2D eigenvalue weighted by molar-refractivity contribution is 0.959. The van der Waals surface area contributed by atoms with Crippen molar-refractivity contribution in [3.05, 3.63) is 67.0 Å². The van der Waals surface area contributed by atoms with Crippen LogP contribution < -0.4 is 0 Å². The summed E-state index contributed by atoms with van der Waals surface area (Å²) >= 11 is 0. The molecule has 0 aliphatic carbocycles. The van der Waals surface area contributed by atoms with Gasteiger partial charge in [-0.05, 0) is 30.3 Å². The van der Waals surface area contributed by atoms with Gasteiger partial charge in [0.15, 0.2) is 5.82 Å². The van der Waals surface area contributed by atoms with Crippen molar-refractivity contribution in [3.8, 4) is 17.2 Å². The normalized spacial score (nSPS) is 11.3. The number of rotatable bonds is 2.